The molecule has 168 valence electrons. The number of hydrogen-bond donors (Lipinski definition) is 2. The van der Waals surface area contributed by atoms with Gasteiger partial charge in [0.15, 0.2) is 0 Å². The molecule has 7 nitrogen and oxygen atoms in total. The Bertz CT molecular complexity index is 857. The summed E-state index contributed by atoms with van der Waals surface area (Å²) in [7, 11) is 1.36. The first-order valence-corrected chi connectivity index (χ1v) is 9.84. The van der Waals surface area contributed by atoms with Gasteiger partial charge in [0, 0.05) is 24.5 Å². The lowest BCUT2D eigenvalue weighted by atomic mass is 9.93. The minimum absolute atomic E-state index is 0.0566. The van der Waals surface area contributed by atoms with Crippen LogP contribution in [0.5, 0.6) is 11.5 Å². The lowest BCUT2D eigenvalue weighted by Gasteiger charge is -2.29. The van der Waals surface area contributed by atoms with Crippen LogP contribution < -0.4 is 20.1 Å². The molecule has 0 radical (unpaired) electrons. The van der Waals surface area contributed by atoms with Crippen molar-refractivity contribution in [3.8, 4) is 11.5 Å². The number of carbonyl (C=O) groups excluding carboxylic acids is 1. The van der Waals surface area contributed by atoms with Crippen LogP contribution in [0.25, 0.3) is 0 Å². The van der Waals surface area contributed by atoms with Gasteiger partial charge in [-0.2, -0.15) is 0 Å². The van der Waals surface area contributed by atoms with Gasteiger partial charge in [-0.15, -0.1) is 13.2 Å². The molecule has 1 heterocycles. The number of hydrogen-bond acceptors (Lipinski definition) is 5. The Balaban J connectivity index is 1.47. The van der Waals surface area contributed by atoms with E-state index in [1.807, 2.05) is 12.1 Å². The fourth-order valence-electron chi connectivity index (χ4n) is 3.40. The van der Waals surface area contributed by atoms with Gasteiger partial charge < -0.3 is 24.8 Å². The van der Waals surface area contributed by atoms with Crippen LogP contribution in [0.3, 0.4) is 0 Å². The zero-order chi connectivity index (χ0) is 22.3. The van der Waals surface area contributed by atoms with E-state index in [0.29, 0.717) is 6.61 Å². The number of halogens is 3. The van der Waals surface area contributed by atoms with Crippen LogP contribution in [0, 0.1) is 0 Å². The van der Waals surface area contributed by atoms with Crippen molar-refractivity contribution >= 4 is 11.7 Å². The van der Waals surface area contributed by atoms with Crippen molar-refractivity contribution in [1.29, 1.82) is 0 Å². The number of benzene rings is 1. The molecule has 2 N–H and O–H groups in total. The molecule has 0 saturated heterocycles. The first kappa shape index (κ1) is 22.7. The molecule has 2 aromatic rings. The molecule has 1 fully saturated rings. The van der Waals surface area contributed by atoms with Crippen molar-refractivity contribution in [3.63, 3.8) is 0 Å². The molecule has 31 heavy (non-hydrogen) atoms. The minimum atomic E-state index is -4.83. The van der Waals surface area contributed by atoms with E-state index >= 15 is 0 Å². The smallest absolute Gasteiger partial charge is 0.495 e. The summed E-state index contributed by atoms with van der Waals surface area (Å²) in [5.41, 5.74) is 1.09. The predicted molar refractivity (Wildman–Crippen MR) is 107 cm³/mol. The Hall–Kier alpha value is -3.01. The lowest BCUT2D eigenvalue weighted by Crippen LogP contribution is -2.41. The Morgan fingerprint density at radius 3 is 2.61 bits per heavy atom. The van der Waals surface area contributed by atoms with E-state index in [0.717, 1.165) is 43.4 Å². The van der Waals surface area contributed by atoms with E-state index < -0.39 is 18.1 Å². The average molecular weight is 439 g/mol. The van der Waals surface area contributed by atoms with Crippen molar-refractivity contribution in [2.45, 2.75) is 50.8 Å². The van der Waals surface area contributed by atoms with Crippen molar-refractivity contribution in [2.75, 3.05) is 12.4 Å². The number of alkyl halides is 3. The number of anilines is 1. The van der Waals surface area contributed by atoms with Crippen molar-refractivity contribution in [1.82, 2.24) is 10.3 Å². The van der Waals surface area contributed by atoms with Gasteiger partial charge in [-0.3, -0.25) is 4.98 Å². The molecule has 1 aliphatic rings. The van der Waals surface area contributed by atoms with Gasteiger partial charge in [0.25, 0.3) is 0 Å². The van der Waals surface area contributed by atoms with E-state index in [9.17, 15) is 18.0 Å². The molecule has 0 atom stereocenters. The summed E-state index contributed by atoms with van der Waals surface area (Å²) >= 11 is 0. The number of amides is 2. The molecule has 2 amide bonds. The van der Waals surface area contributed by atoms with Crippen molar-refractivity contribution < 1.29 is 32.2 Å². The van der Waals surface area contributed by atoms with Crippen LogP contribution in [-0.2, 0) is 11.3 Å². The van der Waals surface area contributed by atoms with E-state index in [1.165, 1.54) is 13.2 Å². The predicted octanol–water partition coefficient (Wildman–Crippen LogP) is 4.64. The zero-order valence-corrected chi connectivity index (χ0v) is 16.9. The van der Waals surface area contributed by atoms with Crippen LogP contribution in [-0.4, -0.2) is 36.6 Å². The second-order valence-electron chi connectivity index (χ2n) is 7.15. The Morgan fingerprint density at radius 2 is 1.97 bits per heavy atom. The highest BCUT2D eigenvalue weighted by atomic mass is 19.4. The zero-order valence-electron chi connectivity index (χ0n) is 16.9. The number of ether oxygens (including phenoxy) is 3. The molecule has 1 aromatic carbocycles. The molecule has 3 rings (SSSR count). The molecule has 1 saturated carbocycles. The number of methoxy groups -OCH3 is 1. The van der Waals surface area contributed by atoms with Crippen LogP contribution in [0.15, 0.2) is 42.7 Å². The minimum Gasteiger partial charge on any atom is -0.495 e. The molecular weight excluding hydrogens is 415 g/mol. The fraction of sp³-hybridized carbons (Fsp3) is 0.429. The van der Waals surface area contributed by atoms with E-state index in [1.54, 1.807) is 12.4 Å². The maximum atomic E-state index is 12.4. The molecule has 10 heteroatoms. The molecule has 1 aliphatic carbocycles. The molecule has 0 spiro atoms. The average Bonchev–Trinajstić information content (AvgIpc) is 2.73. The van der Waals surface area contributed by atoms with Crippen LogP contribution in [0.2, 0.25) is 0 Å². The highest BCUT2D eigenvalue weighted by Crippen LogP contribution is 2.32. The number of aromatic nitrogens is 1. The van der Waals surface area contributed by atoms with E-state index in [2.05, 4.69) is 20.4 Å². The lowest BCUT2D eigenvalue weighted by molar-refractivity contribution is -0.274. The standard InChI is InChI=1S/C21H24F3N3O4/c1-29-19-9-8-17(31-21(22,23)24)11-18(19)27-20(28)26-15-4-6-16(7-5-15)30-13-14-3-2-10-25-12-14/h2-3,8-12,15-16H,4-7,13H2,1H3,(H2,26,27,28)/t15-,16-. The van der Waals surface area contributed by atoms with Gasteiger partial charge in [0.05, 0.1) is 25.5 Å². The summed E-state index contributed by atoms with van der Waals surface area (Å²) in [6.07, 6.45) is 1.82. The van der Waals surface area contributed by atoms with E-state index in [-0.39, 0.29) is 23.6 Å². The van der Waals surface area contributed by atoms with Gasteiger partial charge in [-0.1, -0.05) is 6.07 Å². The summed E-state index contributed by atoms with van der Waals surface area (Å²) in [6.45, 7) is 0.493. The second-order valence-corrected chi connectivity index (χ2v) is 7.15. The Kier molecular flexibility index (Phi) is 7.56. The van der Waals surface area contributed by atoms with Crippen LogP contribution >= 0.6 is 0 Å². The quantitative estimate of drug-likeness (QED) is 0.657. The summed E-state index contributed by atoms with van der Waals surface area (Å²) in [5.74, 6) is -0.230. The third kappa shape index (κ3) is 7.32. The summed E-state index contributed by atoms with van der Waals surface area (Å²) in [4.78, 5) is 16.4. The van der Waals surface area contributed by atoms with Crippen molar-refractivity contribution in [2.24, 2.45) is 0 Å². The van der Waals surface area contributed by atoms with Crippen LogP contribution in [0.1, 0.15) is 31.2 Å². The number of nitrogens with zero attached hydrogens (tertiary/aromatic N) is 1. The molecular formula is C21H24F3N3O4. The first-order valence-electron chi connectivity index (χ1n) is 9.84. The molecule has 0 bridgehead atoms. The topological polar surface area (TPSA) is 81.7 Å². The number of urea groups is 1. The normalized spacial score (nSPS) is 18.8. The summed E-state index contributed by atoms with van der Waals surface area (Å²) < 4.78 is 52.2. The monoisotopic (exact) mass is 439 g/mol. The van der Waals surface area contributed by atoms with Crippen molar-refractivity contribution in [3.05, 3.63) is 48.3 Å². The second kappa shape index (κ2) is 10.3. The number of nitrogens with one attached hydrogen (secondary N) is 2. The highest BCUT2D eigenvalue weighted by Gasteiger charge is 2.31. The highest BCUT2D eigenvalue weighted by molar-refractivity contribution is 5.91. The molecule has 0 aliphatic heterocycles. The number of rotatable bonds is 7. The maximum absolute atomic E-state index is 12.4. The van der Waals surface area contributed by atoms with Crippen LogP contribution in [0.4, 0.5) is 23.7 Å². The Morgan fingerprint density at radius 1 is 1.19 bits per heavy atom. The third-order valence-corrected chi connectivity index (χ3v) is 4.87. The van der Waals surface area contributed by atoms with Gasteiger partial charge >= 0.3 is 12.4 Å². The van der Waals surface area contributed by atoms with Gasteiger partial charge in [0.2, 0.25) is 0 Å². The number of carbonyl (C=O) groups is 1. The first-order chi connectivity index (χ1) is 14.8. The number of pyridine rings is 1. The summed E-state index contributed by atoms with van der Waals surface area (Å²) in [5, 5.41) is 5.38. The van der Waals surface area contributed by atoms with Gasteiger partial charge in [-0.25, -0.2) is 4.79 Å². The molecule has 1 aromatic heterocycles. The SMILES string of the molecule is COc1ccc(OC(F)(F)F)cc1NC(=O)N[C@H]1CC[C@H](OCc2cccnc2)CC1. The maximum Gasteiger partial charge on any atom is 0.573 e. The Labute approximate surface area is 177 Å². The van der Waals surface area contributed by atoms with Gasteiger partial charge in [0.1, 0.15) is 11.5 Å². The fourth-order valence-corrected chi connectivity index (χ4v) is 3.40. The third-order valence-electron chi connectivity index (χ3n) is 4.87. The molecule has 0 unspecified atom stereocenters. The largest absolute Gasteiger partial charge is 0.573 e. The summed E-state index contributed by atoms with van der Waals surface area (Å²) in [6, 6.07) is 6.70. The van der Waals surface area contributed by atoms with Gasteiger partial charge in [-0.05, 0) is 49.4 Å². The van der Waals surface area contributed by atoms with E-state index in [4.69, 9.17) is 9.47 Å².